The minimum atomic E-state index is -0.965. The van der Waals surface area contributed by atoms with Gasteiger partial charge in [-0.25, -0.2) is 4.79 Å². The maximum Gasteiger partial charge on any atom is 0.330 e. The van der Waals surface area contributed by atoms with Gasteiger partial charge in [-0.3, -0.25) is 4.79 Å². The molecule has 9 heteroatoms. The lowest BCUT2D eigenvalue weighted by atomic mass is 10.1. The van der Waals surface area contributed by atoms with Crippen molar-refractivity contribution >= 4 is 29.2 Å². The number of tetrazole rings is 1. The molecule has 150 valence electrons. The third kappa shape index (κ3) is 5.61. The predicted octanol–water partition coefficient (Wildman–Crippen LogP) is 3.13. The van der Waals surface area contributed by atoms with E-state index in [1.165, 1.54) is 12.5 Å². The van der Waals surface area contributed by atoms with E-state index in [1.807, 2.05) is 24.3 Å². The van der Waals surface area contributed by atoms with Crippen LogP contribution in [0.1, 0.15) is 19.4 Å². The van der Waals surface area contributed by atoms with Gasteiger partial charge in [0.25, 0.3) is 5.91 Å². The van der Waals surface area contributed by atoms with Gasteiger partial charge in [-0.05, 0) is 60.5 Å². The smallest absolute Gasteiger partial charge is 0.330 e. The zero-order chi connectivity index (χ0) is 20.8. The van der Waals surface area contributed by atoms with Crippen LogP contribution in [0.2, 0.25) is 5.02 Å². The van der Waals surface area contributed by atoms with E-state index >= 15 is 0 Å². The summed E-state index contributed by atoms with van der Waals surface area (Å²) in [6.07, 6.45) is -0.0502. The lowest BCUT2D eigenvalue weighted by Gasteiger charge is -2.13. The molecule has 1 amide bonds. The second kappa shape index (κ2) is 9.29. The van der Waals surface area contributed by atoms with E-state index in [9.17, 15) is 9.59 Å². The molecule has 0 fully saturated rings. The molecule has 0 aliphatic heterocycles. The number of benzene rings is 2. The Morgan fingerprint density at radius 1 is 1.14 bits per heavy atom. The van der Waals surface area contributed by atoms with Crippen molar-refractivity contribution in [2.75, 3.05) is 5.32 Å². The summed E-state index contributed by atoms with van der Waals surface area (Å²) in [5.74, 6) is -0.708. The number of hydrogen-bond acceptors (Lipinski definition) is 6. The minimum Gasteiger partial charge on any atom is -0.451 e. The molecular weight excluding hydrogens is 394 g/mol. The molecule has 0 aliphatic rings. The van der Waals surface area contributed by atoms with E-state index in [4.69, 9.17) is 16.3 Å². The van der Waals surface area contributed by atoms with Crippen molar-refractivity contribution in [2.45, 2.75) is 32.9 Å². The SMILES string of the molecule is CCc1ccc(NC(=O)[C@H](C)OC(=O)Cn2nnc(-c3ccc(Cl)cc3)n2)cc1. The molecule has 0 saturated heterocycles. The fourth-order valence-electron chi connectivity index (χ4n) is 2.50. The van der Waals surface area contributed by atoms with Crippen molar-refractivity contribution in [1.29, 1.82) is 0 Å². The summed E-state index contributed by atoms with van der Waals surface area (Å²) in [5, 5.41) is 15.2. The van der Waals surface area contributed by atoms with Crippen LogP contribution >= 0.6 is 11.6 Å². The van der Waals surface area contributed by atoms with Gasteiger partial charge < -0.3 is 10.1 Å². The third-order valence-corrected chi connectivity index (χ3v) is 4.38. The number of ether oxygens (including phenoxy) is 1. The molecule has 1 atom stereocenters. The predicted molar refractivity (Wildman–Crippen MR) is 108 cm³/mol. The van der Waals surface area contributed by atoms with Crippen LogP contribution in [-0.4, -0.2) is 38.2 Å². The number of halogens is 1. The van der Waals surface area contributed by atoms with Gasteiger partial charge in [-0.15, -0.1) is 10.2 Å². The highest BCUT2D eigenvalue weighted by Gasteiger charge is 2.19. The number of aryl methyl sites for hydroxylation is 1. The van der Waals surface area contributed by atoms with Crippen LogP contribution < -0.4 is 5.32 Å². The Balaban J connectivity index is 1.53. The molecule has 0 saturated carbocycles. The molecular formula is C20H20ClN5O3. The molecule has 8 nitrogen and oxygen atoms in total. The first-order valence-electron chi connectivity index (χ1n) is 9.07. The van der Waals surface area contributed by atoms with Crippen molar-refractivity contribution in [2.24, 2.45) is 0 Å². The van der Waals surface area contributed by atoms with Crippen LogP contribution in [0.4, 0.5) is 5.69 Å². The Kier molecular flexibility index (Phi) is 6.56. The normalized spacial score (nSPS) is 11.7. The van der Waals surface area contributed by atoms with Gasteiger partial charge in [0.1, 0.15) is 0 Å². The number of amides is 1. The summed E-state index contributed by atoms with van der Waals surface area (Å²) < 4.78 is 5.17. The first kappa shape index (κ1) is 20.5. The Labute approximate surface area is 172 Å². The fraction of sp³-hybridized carbons (Fsp3) is 0.250. The summed E-state index contributed by atoms with van der Waals surface area (Å²) in [6, 6.07) is 14.4. The largest absolute Gasteiger partial charge is 0.451 e. The Morgan fingerprint density at radius 2 is 1.83 bits per heavy atom. The number of carbonyl (C=O) groups is 2. The number of carbonyl (C=O) groups excluding carboxylic acids is 2. The number of esters is 1. The number of anilines is 1. The molecule has 29 heavy (non-hydrogen) atoms. The van der Waals surface area contributed by atoms with Crippen LogP contribution in [0.25, 0.3) is 11.4 Å². The average Bonchev–Trinajstić information content (AvgIpc) is 3.17. The molecule has 0 aliphatic carbocycles. The van der Waals surface area contributed by atoms with Gasteiger partial charge in [-0.1, -0.05) is 30.7 Å². The van der Waals surface area contributed by atoms with E-state index in [1.54, 1.807) is 24.3 Å². The van der Waals surface area contributed by atoms with Crippen LogP contribution in [0.3, 0.4) is 0 Å². The monoisotopic (exact) mass is 413 g/mol. The first-order chi connectivity index (χ1) is 13.9. The Morgan fingerprint density at radius 3 is 2.48 bits per heavy atom. The lowest BCUT2D eigenvalue weighted by molar-refractivity contribution is -0.154. The highest BCUT2D eigenvalue weighted by atomic mass is 35.5. The summed E-state index contributed by atoms with van der Waals surface area (Å²) in [5.41, 5.74) is 2.53. The molecule has 3 aromatic rings. The third-order valence-electron chi connectivity index (χ3n) is 4.13. The topological polar surface area (TPSA) is 99.0 Å². The van der Waals surface area contributed by atoms with Crippen LogP contribution in [-0.2, 0) is 27.3 Å². The number of nitrogens with one attached hydrogen (secondary N) is 1. The van der Waals surface area contributed by atoms with E-state index in [0.29, 0.717) is 16.5 Å². The van der Waals surface area contributed by atoms with Crippen molar-refractivity contribution < 1.29 is 14.3 Å². The molecule has 3 rings (SSSR count). The standard InChI is InChI=1S/C20H20ClN5O3/c1-3-14-4-10-17(11-5-14)22-20(28)13(2)29-18(27)12-26-24-19(23-25-26)15-6-8-16(21)9-7-15/h4-11,13H,3,12H2,1-2H3,(H,22,28)/t13-/m0/s1. The minimum absolute atomic E-state index is 0.261. The molecule has 1 aromatic heterocycles. The second-order valence-corrected chi connectivity index (χ2v) is 6.76. The van der Waals surface area contributed by atoms with Crippen molar-refractivity contribution in [3.05, 3.63) is 59.1 Å². The average molecular weight is 414 g/mol. The van der Waals surface area contributed by atoms with Gasteiger partial charge in [-0.2, -0.15) is 4.80 Å². The summed E-state index contributed by atoms with van der Waals surface area (Å²) in [4.78, 5) is 25.4. The highest BCUT2D eigenvalue weighted by molar-refractivity contribution is 6.30. The summed E-state index contributed by atoms with van der Waals surface area (Å²) >= 11 is 5.86. The van der Waals surface area contributed by atoms with Gasteiger partial charge in [0.05, 0.1) is 0 Å². The second-order valence-electron chi connectivity index (χ2n) is 6.32. The van der Waals surface area contributed by atoms with Crippen molar-refractivity contribution in [1.82, 2.24) is 20.2 Å². The molecule has 2 aromatic carbocycles. The van der Waals surface area contributed by atoms with Gasteiger partial charge >= 0.3 is 5.97 Å². The van der Waals surface area contributed by atoms with Gasteiger partial charge in [0.2, 0.25) is 5.82 Å². The molecule has 0 spiro atoms. The lowest BCUT2D eigenvalue weighted by Crippen LogP contribution is -2.31. The fourth-order valence-corrected chi connectivity index (χ4v) is 2.62. The van der Waals surface area contributed by atoms with E-state index in [0.717, 1.165) is 16.8 Å². The molecule has 0 unspecified atom stereocenters. The Hall–Kier alpha value is -3.26. The summed E-state index contributed by atoms with van der Waals surface area (Å²) in [7, 11) is 0. The number of rotatable bonds is 7. The maximum absolute atomic E-state index is 12.2. The van der Waals surface area contributed by atoms with Crippen LogP contribution in [0.5, 0.6) is 0 Å². The number of aromatic nitrogens is 4. The molecule has 0 radical (unpaired) electrons. The van der Waals surface area contributed by atoms with E-state index < -0.39 is 18.0 Å². The van der Waals surface area contributed by atoms with Crippen LogP contribution in [0, 0.1) is 0 Å². The maximum atomic E-state index is 12.2. The van der Waals surface area contributed by atoms with E-state index in [-0.39, 0.29) is 6.54 Å². The molecule has 1 heterocycles. The highest BCUT2D eigenvalue weighted by Crippen LogP contribution is 2.17. The Bertz CT molecular complexity index is 986. The summed E-state index contributed by atoms with van der Waals surface area (Å²) in [6.45, 7) is 3.29. The van der Waals surface area contributed by atoms with Crippen molar-refractivity contribution in [3.8, 4) is 11.4 Å². The quantitative estimate of drug-likeness (QED) is 0.597. The number of hydrogen-bond donors (Lipinski definition) is 1. The van der Waals surface area contributed by atoms with Gasteiger partial charge in [0, 0.05) is 16.3 Å². The van der Waals surface area contributed by atoms with E-state index in [2.05, 4.69) is 27.7 Å². The zero-order valence-electron chi connectivity index (χ0n) is 16.0. The van der Waals surface area contributed by atoms with Crippen molar-refractivity contribution in [3.63, 3.8) is 0 Å². The molecule has 1 N–H and O–H groups in total. The first-order valence-corrected chi connectivity index (χ1v) is 9.45. The zero-order valence-corrected chi connectivity index (χ0v) is 16.8. The van der Waals surface area contributed by atoms with Gasteiger partial charge in [0.15, 0.2) is 12.6 Å². The van der Waals surface area contributed by atoms with Crippen LogP contribution in [0.15, 0.2) is 48.5 Å². The number of nitrogens with zero attached hydrogens (tertiary/aromatic N) is 4. The molecule has 0 bridgehead atoms.